The molecule has 1 saturated heterocycles. The molecule has 2 rings (SSSR count). The fourth-order valence-electron chi connectivity index (χ4n) is 2.27. The second-order valence-corrected chi connectivity index (χ2v) is 4.83. The maximum atomic E-state index is 11.8. The van der Waals surface area contributed by atoms with Crippen molar-refractivity contribution in [3.8, 4) is 0 Å². The number of hydrogen-bond donors (Lipinski definition) is 1. The minimum absolute atomic E-state index is 0.247. The van der Waals surface area contributed by atoms with Crippen LogP contribution < -0.4 is 5.73 Å². The van der Waals surface area contributed by atoms with Crippen LogP contribution in [0.1, 0.15) is 41.8 Å². The summed E-state index contributed by atoms with van der Waals surface area (Å²) in [4.78, 5) is 22.9. The molecule has 1 fully saturated rings. The van der Waals surface area contributed by atoms with E-state index < -0.39 is 30.2 Å². The molecule has 0 unspecified atom stereocenters. The third kappa shape index (κ3) is 3.25. The van der Waals surface area contributed by atoms with Gasteiger partial charge in [-0.2, -0.15) is 0 Å². The summed E-state index contributed by atoms with van der Waals surface area (Å²) in [5.41, 5.74) is 6.20. The molecule has 1 aliphatic rings. The van der Waals surface area contributed by atoms with Crippen LogP contribution in [0.2, 0.25) is 0 Å². The number of ether oxygens (including phenoxy) is 3. The van der Waals surface area contributed by atoms with Crippen molar-refractivity contribution in [3.05, 3.63) is 23.2 Å². The number of hydrogen-bond acceptors (Lipinski definition) is 7. The molecular formula is C14H19NO6. The maximum Gasteiger partial charge on any atom is 0.341 e. The number of furan rings is 1. The van der Waals surface area contributed by atoms with Crippen molar-refractivity contribution >= 4 is 11.9 Å². The summed E-state index contributed by atoms with van der Waals surface area (Å²) in [5, 5.41) is 0. The van der Waals surface area contributed by atoms with Crippen LogP contribution in [0.3, 0.4) is 0 Å². The maximum absolute atomic E-state index is 11.8. The lowest BCUT2D eigenvalue weighted by Gasteiger charge is -2.18. The Bertz CT molecular complexity index is 538. The molecule has 0 aliphatic carbocycles. The number of esters is 2. The zero-order chi connectivity index (χ0) is 15.6. The van der Waals surface area contributed by atoms with Crippen molar-refractivity contribution in [2.75, 3.05) is 13.2 Å². The molecule has 21 heavy (non-hydrogen) atoms. The molecule has 0 bridgehead atoms. The summed E-state index contributed by atoms with van der Waals surface area (Å²) in [6.07, 6.45) is -1.26. The molecule has 1 aliphatic heterocycles. The first-order chi connectivity index (χ1) is 9.93. The van der Waals surface area contributed by atoms with Gasteiger partial charge in [-0.05, 0) is 19.9 Å². The lowest BCUT2D eigenvalue weighted by Crippen LogP contribution is -2.37. The summed E-state index contributed by atoms with van der Waals surface area (Å²) in [5.74, 6) is -0.0833. The van der Waals surface area contributed by atoms with Gasteiger partial charge in [0.05, 0.1) is 19.3 Å². The molecule has 116 valence electrons. The van der Waals surface area contributed by atoms with Crippen molar-refractivity contribution in [2.24, 2.45) is 5.73 Å². The average Bonchev–Trinajstić information content (AvgIpc) is 2.94. The third-order valence-electron chi connectivity index (χ3n) is 3.20. The highest BCUT2D eigenvalue weighted by Crippen LogP contribution is 2.33. The molecule has 0 saturated carbocycles. The van der Waals surface area contributed by atoms with Gasteiger partial charge in [0.1, 0.15) is 17.1 Å². The van der Waals surface area contributed by atoms with Gasteiger partial charge in [0.25, 0.3) is 0 Å². The van der Waals surface area contributed by atoms with Gasteiger partial charge >= 0.3 is 11.9 Å². The van der Waals surface area contributed by atoms with Crippen LogP contribution in [0.25, 0.3) is 0 Å². The van der Waals surface area contributed by atoms with Crippen LogP contribution in [-0.2, 0) is 19.0 Å². The van der Waals surface area contributed by atoms with Gasteiger partial charge in [0.15, 0.2) is 12.2 Å². The number of rotatable bonds is 4. The van der Waals surface area contributed by atoms with E-state index in [0.717, 1.165) is 0 Å². The number of aryl methyl sites for hydroxylation is 1. The Morgan fingerprint density at radius 2 is 2.19 bits per heavy atom. The van der Waals surface area contributed by atoms with Crippen LogP contribution in [0.5, 0.6) is 0 Å². The standard InChI is InChI=1S/C14H19NO6/c1-4-18-14(17)9-5-11(20-7(9)2)13-12(21-8(3)16)10(15)6-19-13/h5,10,12-13H,4,6,15H2,1-3H3/t10-,12+,13+/m0/s1. The highest BCUT2D eigenvalue weighted by molar-refractivity contribution is 5.90. The normalized spacial score (nSPS) is 24.9. The summed E-state index contributed by atoms with van der Waals surface area (Å²) in [6, 6.07) is 1.11. The topological polar surface area (TPSA) is 101 Å². The summed E-state index contributed by atoms with van der Waals surface area (Å²) in [6.45, 7) is 5.21. The lowest BCUT2D eigenvalue weighted by atomic mass is 10.1. The monoisotopic (exact) mass is 297 g/mol. The average molecular weight is 297 g/mol. The molecule has 3 atom stereocenters. The Morgan fingerprint density at radius 1 is 1.48 bits per heavy atom. The largest absolute Gasteiger partial charge is 0.463 e. The van der Waals surface area contributed by atoms with Crippen LogP contribution in [0.15, 0.2) is 10.5 Å². The van der Waals surface area contributed by atoms with E-state index in [4.69, 9.17) is 24.4 Å². The van der Waals surface area contributed by atoms with Crippen LogP contribution in [0.4, 0.5) is 0 Å². The SMILES string of the molecule is CCOC(=O)c1cc([C@H]2OC[C@H](N)[C@H]2OC(C)=O)oc1C. The molecule has 7 heteroatoms. The van der Waals surface area contributed by atoms with Crippen molar-refractivity contribution in [2.45, 2.75) is 39.0 Å². The molecule has 0 radical (unpaired) electrons. The molecule has 0 aromatic carbocycles. The van der Waals surface area contributed by atoms with Gasteiger partial charge < -0.3 is 24.4 Å². The fourth-order valence-corrected chi connectivity index (χ4v) is 2.27. The van der Waals surface area contributed by atoms with Gasteiger partial charge in [-0.1, -0.05) is 0 Å². The minimum Gasteiger partial charge on any atom is -0.463 e. The van der Waals surface area contributed by atoms with Gasteiger partial charge in [-0.25, -0.2) is 4.79 Å². The van der Waals surface area contributed by atoms with Crippen molar-refractivity contribution < 1.29 is 28.2 Å². The Morgan fingerprint density at radius 3 is 2.81 bits per heavy atom. The quantitative estimate of drug-likeness (QED) is 0.830. The van der Waals surface area contributed by atoms with E-state index in [1.165, 1.54) is 6.92 Å². The Hall–Kier alpha value is -1.86. The molecule has 0 amide bonds. The lowest BCUT2D eigenvalue weighted by molar-refractivity contribution is -0.150. The molecule has 1 aromatic rings. The van der Waals surface area contributed by atoms with Gasteiger partial charge in [-0.15, -0.1) is 0 Å². The molecule has 7 nitrogen and oxygen atoms in total. The highest BCUT2D eigenvalue weighted by Gasteiger charge is 2.41. The Labute approximate surface area is 122 Å². The first-order valence-corrected chi connectivity index (χ1v) is 6.75. The third-order valence-corrected chi connectivity index (χ3v) is 3.20. The Balaban J connectivity index is 2.23. The zero-order valence-corrected chi connectivity index (χ0v) is 12.3. The van der Waals surface area contributed by atoms with Crippen molar-refractivity contribution in [1.29, 1.82) is 0 Å². The van der Waals surface area contributed by atoms with Crippen molar-refractivity contribution in [3.63, 3.8) is 0 Å². The second-order valence-electron chi connectivity index (χ2n) is 4.83. The van der Waals surface area contributed by atoms with E-state index in [1.54, 1.807) is 19.9 Å². The van der Waals surface area contributed by atoms with E-state index in [9.17, 15) is 9.59 Å². The van der Waals surface area contributed by atoms with Gasteiger partial charge in [0, 0.05) is 6.92 Å². The van der Waals surface area contributed by atoms with E-state index in [2.05, 4.69) is 0 Å². The second kappa shape index (κ2) is 6.28. The van der Waals surface area contributed by atoms with E-state index in [0.29, 0.717) is 17.1 Å². The van der Waals surface area contributed by atoms with Crippen molar-refractivity contribution in [1.82, 2.24) is 0 Å². The zero-order valence-electron chi connectivity index (χ0n) is 12.3. The van der Waals surface area contributed by atoms with E-state index >= 15 is 0 Å². The molecule has 2 N–H and O–H groups in total. The minimum atomic E-state index is -0.636. The number of nitrogens with two attached hydrogens (primary N) is 1. The van der Waals surface area contributed by atoms with Crippen LogP contribution in [0, 0.1) is 6.92 Å². The van der Waals surface area contributed by atoms with E-state index in [-0.39, 0.29) is 13.2 Å². The smallest absolute Gasteiger partial charge is 0.341 e. The summed E-state index contributed by atoms with van der Waals surface area (Å²) >= 11 is 0. The summed E-state index contributed by atoms with van der Waals surface area (Å²) < 4.78 is 21.2. The van der Waals surface area contributed by atoms with Crippen LogP contribution in [-0.4, -0.2) is 37.3 Å². The number of carbonyl (C=O) groups is 2. The van der Waals surface area contributed by atoms with Gasteiger partial charge in [0.2, 0.25) is 0 Å². The molecular weight excluding hydrogens is 278 g/mol. The fraction of sp³-hybridized carbons (Fsp3) is 0.571. The number of carbonyl (C=O) groups excluding carboxylic acids is 2. The molecule has 0 spiro atoms. The predicted molar refractivity (Wildman–Crippen MR) is 71.6 cm³/mol. The first-order valence-electron chi connectivity index (χ1n) is 6.75. The first kappa shape index (κ1) is 15.5. The highest BCUT2D eigenvalue weighted by atomic mass is 16.6. The molecule has 1 aromatic heterocycles. The van der Waals surface area contributed by atoms with Gasteiger partial charge in [-0.3, -0.25) is 4.79 Å². The predicted octanol–water partition coefficient (Wildman–Crippen LogP) is 1.10. The van der Waals surface area contributed by atoms with E-state index in [1.807, 2.05) is 0 Å². The van der Waals surface area contributed by atoms with Crippen LogP contribution >= 0.6 is 0 Å². The Kier molecular flexibility index (Phi) is 4.64. The summed E-state index contributed by atoms with van der Waals surface area (Å²) in [7, 11) is 0. The molecule has 2 heterocycles.